The zero-order chi connectivity index (χ0) is 9.65. The van der Waals surface area contributed by atoms with Crippen LogP contribution in [0, 0.1) is 0 Å². The van der Waals surface area contributed by atoms with Crippen molar-refractivity contribution in [3.8, 4) is 0 Å². The molecule has 11 heavy (non-hydrogen) atoms. The third-order valence-corrected chi connectivity index (χ3v) is 0.183. The van der Waals surface area contributed by atoms with Gasteiger partial charge in [0.25, 0.3) is 0 Å². The minimum atomic E-state index is -4.64. The molecule has 9 heteroatoms. The molecule has 0 aromatic heterocycles. The van der Waals surface area contributed by atoms with Crippen LogP contribution < -0.4 is 0 Å². The summed E-state index contributed by atoms with van der Waals surface area (Å²) in [5.74, 6) is -3.65. The van der Waals surface area contributed by atoms with Gasteiger partial charge >= 0.3 is 19.8 Å². The van der Waals surface area contributed by atoms with Crippen LogP contribution in [-0.2, 0) is 14.2 Å². The van der Waals surface area contributed by atoms with Crippen molar-refractivity contribution < 1.29 is 39.0 Å². The molecule has 8 nitrogen and oxygen atoms in total. The summed E-state index contributed by atoms with van der Waals surface area (Å²) in [6.07, 6.45) is 0. The van der Waals surface area contributed by atoms with Crippen molar-refractivity contribution in [2.24, 2.45) is 0 Å². The molecule has 0 aliphatic rings. The van der Waals surface area contributed by atoms with E-state index in [0.29, 0.717) is 0 Å². The van der Waals surface area contributed by atoms with Crippen LogP contribution in [0.15, 0.2) is 0 Å². The highest BCUT2D eigenvalue weighted by Gasteiger charge is 2.04. The van der Waals surface area contributed by atoms with Crippen LogP contribution in [0.5, 0.6) is 0 Å². The molecular weight excluding hydrogens is 183 g/mol. The van der Waals surface area contributed by atoms with Gasteiger partial charge in [-0.3, -0.25) is 0 Å². The van der Waals surface area contributed by atoms with Crippen LogP contribution in [0.3, 0.4) is 0 Å². The lowest BCUT2D eigenvalue weighted by molar-refractivity contribution is -0.159. The summed E-state index contributed by atoms with van der Waals surface area (Å²) in [5, 5.41) is 14.8. The Balaban J connectivity index is 0. The fourth-order valence-electron chi connectivity index (χ4n) is 0. The van der Waals surface area contributed by atoms with Gasteiger partial charge in [0.2, 0.25) is 0 Å². The molecule has 0 atom stereocenters. The molecule has 0 fully saturated rings. The Morgan fingerprint density at radius 2 is 1.00 bits per heavy atom. The van der Waals surface area contributed by atoms with Gasteiger partial charge in [-0.15, -0.1) is 0 Å². The lowest BCUT2D eigenvalue weighted by atomic mass is 10.7. The van der Waals surface area contributed by atoms with Crippen molar-refractivity contribution in [1.29, 1.82) is 0 Å². The molecule has 0 radical (unpaired) electrons. The summed E-state index contributed by atoms with van der Waals surface area (Å²) in [4.78, 5) is 39.8. The Morgan fingerprint density at radius 1 is 0.909 bits per heavy atom. The molecule has 0 amide bonds. The first-order chi connectivity index (χ1) is 4.64. The highest BCUT2D eigenvalue weighted by atomic mass is 31.2. The van der Waals surface area contributed by atoms with Crippen molar-refractivity contribution in [3.05, 3.63) is 0 Å². The first-order valence-electron chi connectivity index (χ1n) is 1.89. The molecular formula is C2H5O8P. The number of carboxylic acids is 2. The summed E-state index contributed by atoms with van der Waals surface area (Å²) in [6, 6.07) is 0. The Morgan fingerprint density at radius 3 is 1.00 bits per heavy atom. The van der Waals surface area contributed by atoms with Crippen LogP contribution in [0.25, 0.3) is 0 Å². The number of rotatable bonds is 0. The SMILES string of the molecule is O=C(O)C(=O)O.O=P(O)(O)O. The molecule has 0 bridgehead atoms. The second-order valence-electron chi connectivity index (χ2n) is 1.12. The van der Waals surface area contributed by atoms with Crippen LogP contribution >= 0.6 is 7.82 Å². The van der Waals surface area contributed by atoms with E-state index in [-0.39, 0.29) is 0 Å². The van der Waals surface area contributed by atoms with Crippen molar-refractivity contribution in [2.45, 2.75) is 0 Å². The predicted molar refractivity (Wildman–Crippen MR) is 29.5 cm³/mol. The highest BCUT2D eigenvalue weighted by Crippen LogP contribution is 2.25. The molecule has 0 heterocycles. The topological polar surface area (TPSA) is 152 Å². The molecule has 5 N–H and O–H groups in total. The zero-order valence-electron chi connectivity index (χ0n) is 4.91. The maximum absolute atomic E-state index is 9.10. The average molecular weight is 188 g/mol. The number of aliphatic carboxylic acids is 2. The number of carbonyl (C=O) groups is 2. The summed E-state index contributed by atoms with van der Waals surface area (Å²) in [5.41, 5.74) is 0. The van der Waals surface area contributed by atoms with Gasteiger partial charge in [0.05, 0.1) is 0 Å². The van der Waals surface area contributed by atoms with E-state index in [1.165, 1.54) is 0 Å². The van der Waals surface area contributed by atoms with Gasteiger partial charge in [0.15, 0.2) is 0 Å². The van der Waals surface area contributed by atoms with Crippen LogP contribution in [-0.4, -0.2) is 36.8 Å². The minimum Gasteiger partial charge on any atom is -0.473 e. The Labute approximate surface area is 60.0 Å². The first-order valence-corrected chi connectivity index (χ1v) is 3.45. The first kappa shape index (κ1) is 12.7. The molecule has 0 spiro atoms. The van der Waals surface area contributed by atoms with Crippen LogP contribution in [0.1, 0.15) is 0 Å². The quantitative estimate of drug-likeness (QED) is 0.221. The Kier molecular flexibility index (Phi) is 5.55. The van der Waals surface area contributed by atoms with Gasteiger partial charge in [0, 0.05) is 0 Å². The molecule has 0 aromatic rings. The van der Waals surface area contributed by atoms with E-state index in [0.717, 1.165) is 0 Å². The van der Waals surface area contributed by atoms with Gasteiger partial charge < -0.3 is 24.9 Å². The number of carboxylic acid groups (broad SMARTS) is 2. The summed E-state index contributed by atoms with van der Waals surface area (Å²) in [6.45, 7) is 0. The molecule has 0 unspecified atom stereocenters. The highest BCUT2D eigenvalue weighted by molar-refractivity contribution is 7.45. The second kappa shape index (κ2) is 4.80. The molecule has 0 saturated carbocycles. The largest absolute Gasteiger partial charge is 0.473 e. The van der Waals surface area contributed by atoms with Crippen LogP contribution in [0.2, 0.25) is 0 Å². The van der Waals surface area contributed by atoms with E-state index in [9.17, 15) is 0 Å². The van der Waals surface area contributed by atoms with Crippen molar-refractivity contribution >= 4 is 19.8 Å². The lowest BCUT2D eigenvalue weighted by Crippen LogP contribution is -2.09. The lowest BCUT2D eigenvalue weighted by Gasteiger charge is -1.82. The third-order valence-electron chi connectivity index (χ3n) is 0.183. The van der Waals surface area contributed by atoms with Crippen LogP contribution in [0.4, 0.5) is 0 Å². The maximum Gasteiger partial charge on any atom is 0.466 e. The zero-order valence-corrected chi connectivity index (χ0v) is 5.80. The number of hydrogen-bond donors (Lipinski definition) is 5. The summed E-state index contributed by atoms with van der Waals surface area (Å²) in [7, 11) is -4.64. The average Bonchev–Trinajstić information content (AvgIpc) is 1.59. The normalized spacial score (nSPS) is 9.36. The van der Waals surface area contributed by atoms with Gasteiger partial charge in [-0.25, -0.2) is 14.2 Å². The van der Waals surface area contributed by atoms with E-state index in [1.807, 2.05) is 0 Å². The molecule has 0 aromatic carbocycles. The van der Waals surface area contributed by atoms with Crippen molar-refractivity contribution in [1.82, 2.24) is 0 Å². The van der Waals surface area contributed by atoms with Gasteiger partial charge in [-0.05, 0) is 0 Å². The van der Waals surface area contributed by atoms with E-state index in [2.05, 4.69) is 0 Å². The van der Waals surface area contributed by atoms with Gasteiger partial charge in [-0.2, -0.15) is 0 Å². The fraction of sp³-hybridized carbons (Fsp3) is 0. The molecule has 0 saturated heterocycles. The van der Waals surface area contributed by atoms with Crippen molar-refractivity contribution in [2.75, 3.05) is 0 Å². The number of phosphoric acid groups is 1. The Hall–Kier alpha value is -0.950. The number of hydrogen-bond acceptors (Lipinski definition) is 3. The fourth-order valence-corrected chi connectivity index (χ4v) is 0. The third kappa shape index (κ3) is 48.4. The second-order valence-corrected chi connectivity index (χ2v) is 2.15. The molecule has 0 aliphatic carbocycles. The Bertz CT molecular complexity index is 168. The molecule has 0 aliphatic heterocycles. The maximum atomic E-state index is 9.10. The van der Waals surface area contributed by atoms with Gasteiger partial charge in [0.1, 0.15) is 0 Å². The minimum absolute atomic E-state index is 1.82. The molecule has 66 valence electrons. The standard InChI is InChI=1S/C2H2O4.H3O4P/c3-1(4)2(5)6;1-5(2,3)4/h(H,3,4)(H,5,6);(H3,1,2,3,4). The summed E-state index contributed by atoms with van der Waals surface area (Å²) < 4.78 is 8.88. The van der Waals surface area contributed by atoms with Gasteiger partial charge in [-0.1, -0.05) is 0 Å². The monoisotopic (exact) mass is 188 g/mol. The molecule has 0 rings (SSSR count). The van der Waals surface area contributed by atoms with E-state index in [4.69, 9.17) is 39.0 Å². The van der Waals surface area contributed by atoms with E-state index >= 15 is 0 Å². The van der Waals surface area contributed by atoms with E-state index in [1.54, 1.807) is 0 Å². The van der Waals surface area contributed by atoms with Crippen molar-refractivity contribution in [3.63, 3.8) is 0 Å². The van der Waals surface area contributed by atoms with E-state index < -0.39 is 19.8 Å². The summed E-state index contributed by atoms with van der Waals surface area (Å²) >= 11 is 0. The smallest absolute Gasteiger partial charge is 0.466 e. The predicted octanol–water partition coefficient (Wildman–Crippen LogP) is -1.77.